The van der Waals surface area contributed by atoms with E-state index in [1.807, 2.05) is 6.07 Å². The average Bonchev–Trinajstić information content (AvgIpc) is 2.98. The van der Waals surface area contributed by atoms with Crippen molar-refractivity contribution in [1.82, 2.24) is 0 Å². The van der Waals surface area contributed by atoms with Gasteiger partial charge in [0.05, 0.1) is 25.2 Å². The fraction of sp³-hybridized carbons (Fsp3) is 0.364. The smallest absolute Gasteiger partial charge is 0.292 e. The van der Waals surface area contributed by atoms with Gasteiger partial charge in [0.25, 0.3) is 5.91 Å². The summed E-state index contributed by atoms with van der Waals surface area (Å²) in [6, 6.07) is 16.1. The number of hydrogen-bond acceptors (Lipinski definition) is 2. The van der Waals surface area contributed by atoms with Gasteiger partial charge in [0.2, 0.25) is 5.91 Å². The van der Waals surface area contributed by atoms with Gasteiger partial charge in [0.15, 0.2) is 6.04 Å². The van der Waals surface area contributed by atoms with E-state index in [4.69, 9.17) is 0 Å². The van der Waals surface area contributed by atoms with Crippen molar-refractivity contribution in [2.75, 3.05) is 18.0 Å². The molecule has 2 aromatic carbocycles. The number of nitrogens with zero attached hydrogens (tertiary/aromatic N) is 1. The zero-order valence-corrected chi connectivity index (χ0v) is 15.2. The molecule has 2 heterocycles. The molecule has 27 heavy (non-hydrogen) atoms. The highest BCUT2D eigenvalue weighted by molar-refractivity contribution is 6.21. The third-order valence-corrected chi connectivity index (χ3v) is 5.85. The zero-order chi connectivity index (χ0) is 18.8. The molecule has 2 amide bonds. The fourth-order valence-electron chi connectivity index (χ4n) is 4.39. The van der Waals surface area contributed by atoms with E-state index in [0.717, 1.165) is 42.2 Å². The Morgan fingerprint density at radius 3 is 2.33 bits per heavy atom. The number of anilines is 1. The number of carbonyl (C=O) groups excluding carboxylic acids is 2. The SMILES string of the molecule is O=C1C[C@H]([NH+]2CCC(Cc3ccccc3)CC2)C(=O)N1c1ccccc1F. The number of rotatable bonds is 4. The number of para-hydroxylation sites is 1. The van der Waals surface area contributed by atoms with Crippen LogP contribution in [0.15, 0.2) is 54.6 Å². The number of nitrogens with one attached hydrogen (secondary N) is 1. The first-order valence-electron chi connectivity index (χ1n) is 9.63. The Bertz CT molecular complexity index is 831. The minimum atomic E-state index is -0.531. The van der Waals surface area contributed by atoms with E-state index < -0.39 is 5.82 Å². The molecule has 0 aliphatic carbocycles. The lowest BCUT2D eigenvalue weighted by Gasteiger charge is -2.32. The highest BCUT2D eigenvalue weighted by Crippen LogP contribution is 2.25. The number of amides is 2. The summed E-state index contributed by atoms with van der Waals surface area (Å²) in [7, 11) is 0. The van der Waals surface area contributed by atoms with Crippen LogP contribution < -0.4 is 9.80 Å². The van der Waals surface area contributed by atoms with E-state index in [1.165, 1.54) is 17.7 Å². The van der Waals surface area contributed by atoms with Crippen molar-refractivity contribution in [3.8, 4) is 0 Å². The van der Waals surface area contributed by atoms with Gasteiger partial charge in [-0.25, -0.2) is 9.29 Å². The Morgan fingerprint density at radius 1 is 0.963 bits per heavy atom. The second kappa shape index (κ2) is 7.61. The summed E-state index contributed by atoms with van der Waals surface area (Å²) in [4.78, 5) is 27.5. The molecule has 0 saturated carbocycles. The molecule has 0 bridgehead atoms. The molecule has 2 aliphatic heterocycles. The molecular weight excluding hydrogens is 343 g/mol. The van der Waals surface area contributed by atoms with Crippen LogP contribution in [0.1, 0.15) is 24.8 Å². The van der Waals surface area contributed by atoms with Crippen LogP contribution in [-0.2, 0) is 16.0 Å². The number of imide groups is 1. The first kappa shape index (κ1) is 17.9. The van der Waals surface area contributed by atoms with Crippen LogP contribution in [0.3, 0.4) is 0 Å². The number of piperidine rings is 1. The monoisotopic (exact) mass is 367 g/mol. The summed E-state index contributed by atoms with van der Waals surface area (Å²) in [6.45, 7) is 1.76. The zero-order valence-electron chi connectivity index (χ0n) is 15.2. The number of hydrogen-bond donors (Lipinski definition) is 1. The van der Waals surface area contributed by atoms with E-state index in [9.17, 15) is 14.0 Å². The minimum Gasteiger partial charge on any atom is -0.324 e. The quantitative estimate of drug-likeness (QED) is 0.840. The number of carbonyl (C=O) groups is 2. The Balaban J connectivity index is 1.40. The molecule has 0 aromatic heterocycles. The number of likely N-dealkylation sites (tertiary alicyclic amines) is 1. The maximum absolute atomic E-state index is 14.1. The van der Waals surface area contributed by atoms with Gasteiger partial charge >= 0.3 is 0 Å². The molecule has 2 saturated heterocycles. The van der Waals surface area contributed by atoms with Crippen molar-refractivity contribution in [3.63, 3.8) is 0 Å². The highest BCUT2D eigenvalue weighted by Gasteiger charge is 2.47. The van der Waals surface area contributed by atoms with Gasteiger partial charge < -0.3 is 4.90 Å². The normalized spacial score (nSPS) is 25.8. The molecule has 2 aliphatic rings. The number of benzene rings is 2. The van der Waals surface area contributed by atoms with Crippen LogP contribution in [0.4, 0.5) is 10.1 Å². The van der Waals surface area contributed by atoms with E-state index in [1.54, 1.807) is 12.1 Å². The van der Waals surface area contributed by atoms with Gasteiger partial charge in [0.1, 0.15) is 5.82 Å². The van der Waals surface area contributed by atoms with Crippen molar-refractivity contribution in [2.24, 2.45) is 5.92 Å². The van der Waals surface area contributed by atoms with Gasteiger partial charge in [-0.3, -0.25) is 9.59 Å². The molecule has 140 valence electrons. The van der Waals surface area contributed by atoms with Crippen LogP contribution in [0.2, 0.25) is 0 Å². The second-order valence-electron chi connectivity index (χ2n) is 7.57. The Hall–Kier alpha value is -2.53. The Kier molecular flexibility index (Phi) is 5.03. The lowest BCUT2D eigenvalue weighted by molar-refractivity contribution is -0.920. The van der Waals surface area contributed by atoms with Crippen LogP contribution in [0.5, 0.6) is 0 Å². The number of quaternary nitrogens is 1. The summed E-state index contributed by atoms with van der Waals surface area (Å²) in [6.07, 6.45) is 3.32. The number of halogens is 1. The summed E-state index contributed by atoms with van der Waals surface area (Å²) in [5, 5.41) is 0. The van der Waals surface area contributed by atoms with Crippen molar-refractivity contribution in [2.45, 2.75) is 31.7 Å². The largest absolute Gasteiger partial charge is 0.324 e. The van der Waals surface area contributed by atoms with Gasteiger partial charge in [0, 0.05) is 0 Å². The molecule has 2 aromatic rings. The summed E-state index contributed by atoms with van der Waals surface area (Å²) >= 11 is 0. The molecule has 0 unspecified atom stereocenters. The summed E-state index contributed by atoms with van der Waals surface area (Å²) in [5.74, 6) is -0.474. The van der Waals surface area contributed by atoms with Gasteiger partial charge in [-0.2, -0.15) is 0 Å². The molecule has 1 N–H and O–H groups in total. The van der Waals surface area contributed by atoms with E-state index in [-0.39, 0.29) is 30.0 Å². The average molecular weight is 367 g/mol. The van der Waals surface area contributed by atoms with Gasteiger partial charge in [-0.05, 0) is 42.9 Å². The van der Waals surface area contributed by atoms with Crippen molar-refractivity contribution in [3.05, 3.63) is 66.0 Å². The van der Waals surface area contributed by atoms with Gasteiger partial charge in [-0.1, -0.05) is 42.5 Å². The molecule has 0 radical (unpaired) electrons. The first-order chi connectivity index (χ1) is 13.1. The van der Waals surface area contributed by atoms with Gasteiger partial charge in [-0.15, -0.1) is 0 Å². The molecular formula is C22H24FN2O2+. The van der Waals surface area contributed by atoms with E-state index in [2.05, 4.69) is 24.3 Å². The first-order valence-corrected chi connectivity index (χ1v) is 9.63. The predicted octanol–water partition coefficient (Wildman–Crippen LogP) is 2.00. The fourth-order valence-corrected chi connectivity index (χ4v) is 4.39. The van der Waals surface area contributed by atoms with Crippen LogP contribution in [0, 0.1) is 11.7 Å². The van der Waals surface area contributed by atoms with E-state index in [0.29, 0.717) is 5.92 Å². The van der Waals surface area contributed by atoms with Crippen LogP contribution in [0.25, 0.3) is 0 Å². The lowest BCUT2D eigenvalue weighted by Crippen LogP contribution is -3.17. The highest BCUT2D eigenvalue weighted by atomic mass is 19.1. The maximum atomic E-state index is 14.1. The van der Waals surface area contributed by atoms with Crippen molar-refractivity contribution >= 4 is 17.5 Å². The second-order valence-corrected chi connectivity index (χ2v) is 7.57. The molecule has 4 rings (SSSR count). The standard InChI is InChI=1S/C22H23FN2O2/c23-18-8-4-5-9-19(18)25-21(26)15-20(22(25)27)24-12-10-17(11-13-24)14-16-6-2-1-3-7-16/h1-9,17,20H,10-15H2/p+1/t20-/m0/s1. The van der Waals surface area contributed by atoms with Crippen LogP contribution >= 0.6 is 0 Å². The lowest BCUT2D eigenvalue weighted by atomic mass is 9.89. The third-order valence-electron chi connectivity index (χ3n) is 5.85. The molecule has 5 heteroatoms. The topological polar surface area (TPSA) is 41.8 Å². The maximum Gasteiger partial charge on any atom is 0.292 e. The third kappa shape index (κ3) is 3.65. The Morgan fingerprint density at radius 2 is 1.63 bits per heavy atom. The Labute approximate surface area is 158 Å². The summed E-state index contributed by atoms with van der Waals surface area (Å²) < 4.78 is 14.1. The summed E-state index contributed by atoms with van der Waals surface area (Å²) in [5.41, 5.74) is 1.43. The molecule has 2 fully saturated rings. The molecule has 0 spiro atoms. The van der Waals surface area contributed by atoms with Crippen molar-refractivity contribution in [1.29, 1.82) is 0 Å². The van der Waals surface area contributed by atoms with E-state index >= 15 is 0 Å². The van der Waals surface area contributed by atoms with Crippen molar-refractivity contribution < 1.29 is 18.9 Å². The molecule has 4 nitrogen and oxygen atoms in total. The predicted molar refractivity (Wildman–Crippen MR) is 101 cm³/mol. The molecule has 1 atom stereocenters. The van der Waals surface area contributed by atoms with Crippen LogP contribution in [-0.4, -0.2) is 30.9 Å². The minimum absolute atomic E-state index is 0.0772.